The van der Waals surface area contributed by atoms with E-state index in [1.807, 2.05) is 6.20 Å². The van der Waals surface area contributed by atoms with Gasteiger partial charge in [-0.15, -0.1) is 11.7 Å². The molecule has 2 aliphatic rings. The van der Waals surface area contributed by atoms with Crippen molar-refractivity contribution in [2.45, 2.75) is 57.1 Å². The molecular weight excluding hydrogens is 276 g/mol. The summed E-state index contributed by atoms with van der Waals surface area (Å²) in [5.74, 6) is 0. The molecular formula is C17H28N4O. The average Bonchev–Trinajstić information content (AvgIpc) is 3.11. The minimum atomic E-state index is -0.669. The van der Waals surface area contributed by atoms with Crippen molar-refractivity contribution >= 4 is 0 Å². The molecule has 0 aromatic carbocycles. The van der Waals surface area contributed by atoms with Crippen LogP contribution in [0.15, 0.2) is 25.0 Å². The van der Waals surface area contributed by atoms with Crippen LogP contribution in [-0.4, -0.2) is 50.2 Å². The maximum atomic E-state index is 10.8. The van der Waals surface area contributed by atoms with E-state index in [0.29, 0.717) is 12.0 Å². The second-order valence-corrected chi connectivity index (χ2v) is 7.34. The Morgan fingerprint density at radius 2 is 2.00 bits per heavy atom. The summed E-state index contributed by atoms with van der Waals surface area (Å²) in [4.78, 5) is 2.45. The van der Waals surface area contributed by atoms with Crippen LogP contribution in [0.5, 0.6) is 0 Å². The second-order valence-electron chi connectivity index (χ2n) is 7.34. The number of aromatic nitrogens is 3. The minimum Gasteiger partial charge on any atom is -0.387 e. The third-order valence-corrected chi connectivity index (χ3v) is 5.39. The van der Waals surface area contributed by atoms with Crippen molar-refractivity contribution in [2.24, 2.45) is 5.41 Å². The van der Waals surface area contributed by atoms with E-state index in [9.17, 15) is 5.11 Å². The standard InChI is InChI=1S/C17H28N4O/c1-2-6-16(7-4-3-5-8-16)13-20-11-9-17(22,14-20)15-21-12-10-18-19-21/h2,10,12,22H,1,3-9,11,13-15H2. The molecule has 2 heterocycles. The number of nitrogens with zero attached hydrogens (tertiary/aromatic N) is 4. The summed E-state index contributed by atoms with van der Waals surface area (Å²) in [5, 5.41) is 18.6. The quantitative estimate of drug-likeness (QED) is 0.819. The van der Waals surface area contributed by atoms with E-state index in [1.54, 1.807) is 10.9 Å². The first-order valence-electron chi connectivity index (χ1n) is 8.53. The van der Waals surface area contributed by atoms with Gasteiger partial charge >= 0.3 is 0 Å². The summed E-state index contributed by atoms with van der Waals surface area (Å²) in [6.07, 6.45) is 14.1. The SMILES string of the molecule is C=CCC1(CN2CCC(O)(Cn3ccnn3)C2)CCCCC1. The monoisotopic (exact) mass is 304 g/mol. The fourth-order valence-electron chi connectivity index (χ4n) is 4.33. The number of likely N-dealkylation sites (tertiary alicyclic amines) is 1. The van der Waals surface area contributed by atoms with Crippen molar-refractivity contribution in [3.8, 4) is 0 Å². The van der Waals surface area contributed by atoms with Gasteiger partial charge in [-0.05, 0) is 31.1 Å². The molecule has 1 aliphatic carbocycles. The van der Waals surface area contributed by atoms with Gasteiger partial charge in [0, 0.05) is 25.8 Å². The number of aliphatic hydroxyl groups is 1. The van der Waals surface area contributed by atoms with Gasteiger partial charge in [0.1, 0.15) is 0 Å². The maximum absolute atomic E-state index is 10.8. The fraction of sp³-hybridized carbons (Fsp3) is 0.765. The molecule has 22 heavy (non-hydrogen) atoms. The van der Waals surface area contributed by atoms with Crippen LogP contribution in [0.25, 0.3) is 0 Å². The van der Waals surface area contributed by atoms with Gasteiger partial charge in [-0.1, -0.05) is 30.6 Å². The zero-order chi connectivity index (χ0) is 15.5. The van der Waals surface area contributed by atoms with Crippen molar-refractivity contribution in [3.63, 3.8) is 0 Å². The number of hydrogen-bond acceptors (Lipinski definition) is 4. The van der Waals surface area contributed by atoms with Gasteiger partial charge in [-0.25, -0.2) is 4.68 Å². The lowest BCUT2D eigenvalue weighted by atomic mass is 9.71. The van der Waals surface area contributed by atoms with Crippen molar-refractivity contribution in [2.75, 3.05) is 19.6 Å². The highest BCUT2D eigenvalue weighted by Gasteiger charge is 2.40. The summed E-state index contributed by atoms with van der Waals surface area (Å²) in [6.45, 7) is 7.32. The minimum absolute atomic E-state index is 0.387. The summed E-state index contributed by atoms with van der Waals surface area (Å²) < 4.78 is 1.74. The molecule has 0 amide bonds. The maximum Gasteiger partial charge on any atom is 0.0981 e. The van der Waals surface area contributed by atoms with Crippen LogP contribution in [0.3, 0.4) is 0 Å². The molecule has 1 aliphatic heterocycles. The molecule has 122 valence electrons. The number of β-amino-alcohol motifs (C(OH)–C–C–N with tert-alkyl or cyclic N) is 1. The highest BCUT2D eigenvalue weighted by Crippen LogP contribution is 2.41. The third-order valence-electron chi connectivity index (χ3n) is 5.39. The molecule has 1 aromatic rings. The van der Waals surface area contributed by atoms with Crippen LogP contribution in [0, 0.1) is 5.41 Å². The summed E-state index contributed by atoms with van der Waals surface area (Å²) in [7, 11) is 0. The Hall–Kier alpha value is -1.20. The first-order valence-corrected chi connectivity index (χ1v) is 8.53. The molecule has 1 atom stereocenters. The molecule has 1 saturated heterocycles. The molecule has 5 heteroatoms. The molecule has 1 N–H and O–H groups in total. The molecule has 1 saturated carbocycles. The topological polar surface area (TPSA) is 54.2 Å². The van der Waals surface area contributed by atoms with Crippen LogP contribution in [0.1, 0.15) is 44.9 Å². The smallest absolute Gasteiger partial charge is 0.0981 e. The van der Waals surface area contributed by atoms with Gasteiger partial charge in [0.25, 0.3) is 0 Å². The van der Waals surface area contributed by atoms with Crippen LogP contribution in [0.2, 0.25) is 0 Å². The van der Waals surface area contributed by atoms with Gasteiger partial charge in [0.05, 0.1) is 18.3 Å². The molecule has 0 bridgehead atoms. The second kappa shape index (κ2) is 6.50. The van der Waals surface area contributed by atoms with Crippen molar-refractivity contribution in [3.05, 3.63) is 25.0 Å². The van der Waals surface area contributed by atoms with E-state index in [-0.39, 0.29) is 0 Å². The molecule has 0 radical (unpaired) electrons. The largest absolute Gasteiger partial charge is 0.387 e. The van der Waals surface area contributed by atoms with Gasteiger partial charge in [0.2, 0.25) is 0 Å². The lowest BCUT2D eigenvalue weighted by molar-refractivity contribution is 0.0206. The summed E-state index contributed by atoms with van der Waals surface area (Å²) in [6, 6.07) is 0. The van der Waals surface area contributed by atoms with Crippen molar-refractivity contribution < 1.29 is 5.11 Å². The average molecular weight is 304 g/mol. The van der Waals surface area contributed by atoms with Crippen LogP contribution < -0.4 is 0 Å². The molecule has 2 fully saturated rings. The number of rotatable bonds is 6. The van der Waals surface area contributed by atoms with E-state index < -0.39 is 5.60 Å². The van der Waals surface area contributed by atoms with Gasteiger partial charge < -0.3 is 5.11 Å². The third kappa shape index (κ3) is 3.58. The Bertz CT molecular complexity index is 481. The molecule has 0 spiro atoms. The van der Waals surface area contributed by atoms with Crippen LogP contribution >= 0.6 is 0 Å². The molecule has 5 nitrogen and oxygen atoms in total. The molecule has 3 rings (SSSR count). The van der Waals surface area contributed by atoms with E-state index in [4.69, 9.17) is 0 Å². The predicted octanol–water partition coefficient (Wildman–Crippen LogP) is 2.24. The van der Waals surface area contributed by atoms with E-state index in [1.165, 1.54) is 32.1 Å². The Morgan fingerprint density at radius 3 is 2.68 bits per heavy atom. The molecule has 1 aromatic heterocycles. The van der Waals surface area contributed by atoms with Gasteiger partial charge in [-0.3, -0.25) is 4.90 Å². The Balaban J connectivity index is 1.60. The lowest BCUT2D eigenvalue weighted by Crippen LogP contribution is -2.42. The Morgan fingerprint density at radius 1 is 1.18 bits per heavy atom. The summed E-state index contributed by atoms with van der Waals surface area (Å²) in [5.41, 5.74) is -0.282. The normalized spacial score (nSPS) is 28.8. The summed E-state index contributed by atoms with van der Waals surface area (Å²) >= 11 is 0. The number of hydrogen-bond donors (Lipinski definition) is 1. The zero-order valence-corrected chi connectivity index (χ0v) is 13.5. The Kier molecular flexibility index (Phi) is 4.64. The van der Waals surface area contributed by atoms with Crippen molar-refractivity contribution in [1.82, 2.24) is 19.9 Å². The van der Waals surface area contributed by atoms with Crippen LogP contribution in [-0.2, 0) is 6.54 Å². The van der Waals surface area contributed by atoms with Gasteiger partial charge in [0.15, 0.2) is 0 Å². The zero-order valence-electron chi connectivity index (χ0n) is 13.5. The molecule has 1 unspecified atom stereocenters. The number of allylic oxidation sites excluding steroid dienone is 1. The lowest BCUT2D eigenvalue weighted by Gasteiger charge is -2.40. The van der Waals surface area contributed by atoms with Crippen LogP contribution in [0.4, 0.5) is 0 Å². The van der Waals surface area contributed by atoms with E-state index in [2.05, 4.69) is 27.9 Å². The van der Waals surface area contributed by atoms with E-state index >= 15 is 0 Å². The van der Waals surface area contributed by atoms with Gasteiger partial charge in [-0.2, -0.15) is 0 Å². The first kappa shape index (κ1) is 15.7. The highest BCUT2D eigenvalue weighted by molar-refractivity contribution is 4.96. The first-order chi connectivity index (χ1) is 10.6. The Labute approximate surface area is 133 Å². The fourth-order valence-corrected chi connectivity index (χ4v) is 4.33. The van der Waals surface area contributed by atoms with Crippen molar-refractivity contribution in [1.29, 1.82) is 0 Å². The highest BCUT2D eigenvalue weighted by atomic mass is 16.3. The van der Waals surface area contributed by atoms with E-state index in [0.717, 1.165) is 32.5 Å². The predicted molar refractivity (Wildman–Crippen MR) is 86.4 cm³/mol.